The van der Waals surface area contributed by atoms with Gasteiger partial charge in [0.15, 0.2) is 12.4 Å². The standard InChI is InChI=1S/C19H15F2N3O5/c20-10-4-12(21)18-15(5-10)28-7-11(6-16(22)25)24(18)19(27)9-1-2-14-13(3-9)23-17(26)8-29-14/h1-5,11H,6-8H2,(H2,22,25)(H,23,26)/t11-/m0/s1. The number of hydrogen-bond donors (Lipinski definition) is 2. The van der Waals surface area contributed by atoms with Gasteiger partial charge in [-0.25, -0.2) is 8.78 Å². The van der Waals surface area contributed by atoms with Crippen molar-refractivity contribution in [3.8, 4) is 11.5 Å². The first-order chi connectivity index (χ1) is 13.8. The molecule has 2 aromatic rings. The lowest BCUT2D eigenvalue weighted by molar-refractivity contribution is -0.119. The van der Waals surface area contributed by atoms with E-state index in [1.54, 1.807) is 0 Å². The van der Waals surface area contributed by atoms with E-state index in [1.165, 1.54) is 18.2 Å². The highest BCUT2D eigenvalue weighted by molar-refractivity contribution is 6.09. The van der Waals surface area contributed by atoms with Gasteiger partial charge in [0.05, 0.1) is 18.2 Å². The first-order valence-electron chi connectivity index (χ1n) is 8.64. The third-order valence-electron chi connectivity index (χ3n) is 4.55. The molecule has 29 heavy (non-hydrogen) atoms. The second kappa shape index (κ2) is 7.04. The summed E-state index contributed by atoms with van der Waals surface area (Å²) < 4.78 is 38.8. The lowest BCUT2D eigenvalue weighted by Crippen LogP contribution is -2.49. The molecule has 2 heterocycles. The topological polar surface area (TPSA) is 111 Å². The molecule has 0 aliphatic carbocycles. The Hall–Kier alpha value is -3.69. The van der Waals surface area contributed by atoms with E-state index in [0.717, 1.165) is 11.0 Å². The van der Waals surface area contributed by atoms with E-state index in [1.807, 2.05) is 0 Å². The normalized spacial score (nSPS) is 17.4. The predicted octanol–water partition coefficient (Wildman–Crippen LogP) is 1.58. The number of ether oxygens (including phenoxy) is 2. The summed E-state index contributed by atoms with van der Waals surface area (Å²) in [5, 5.41) is 2.58. The molecule has 0 bridgehead atoms. The molecule has 4 rings (SSSR count). The number of nitrogens with two attached hydrogens (primary N) is 1. The van der Waals surface area contributed by atoms with Gasteiger partial charge in [-0.3, -0.25) is 19.3 Å². The molecule has 0 radical (unpaired) electrons. The SMILES string of the molecule is NC(=O)C[C@H]1COc2cc(F)cc(F)c2N1C(=O)c1ccc2c(c1)NC(=O)CO2. The number of halogens is 2. The van der Waals surface area contributed by atoms with Gasteiger partial charge in [0.25, 0.3) is 11.8 Å². The molecule has 0 unspecified atom stereocenters. The fourth-order valence-electron chi connectivity index (χ4n) is 3.33. The van der Waals surface area contributed by atoms with E-state index in [9.17, 15) is 23.2 Å². The first-order valence-corrected chi connectivity index (χ1v) is 8.64. The molecule has 0 fully saturated rings. The van der Waals surface area contributed by atoms with Crippen LogP contribution in [0.3, 0.4) is 0 Å². The average molecular weight is 403 g/mol. The van der Waals surface area contributed by atoms with Gasteiger partial charge in [-0.05, 0) is 18.2 Å². The minimum absolute atomic E-state index is 0.0978. The maximum absolute atomic E-state index is 14.6. The summed E-state index contributed by atoms with van der Waals surface area (Å²) in [4.78, 5) is 37.3. The van der Waals surface area contributed by atoms with Crippen LogP contribution in [0.25, 0.3) is 0 Å². The zero-order valence-corrected chi connectivity index (χ0v) is 14.9. The summed E-state index contributed by atoms with van der Waals surface area (Å²) in [7, 11) is 0. The summed E-state index contributed by atoms with van der Waals surface area (Å²) >= 11 is 0. The third-order valence-corrected chi connectivity index (χ3v) is 4.55. The fraction of sp³-hybridized carbons (Fsp3) is 0.211. The van der Waals surface area contributed by atoms with Crippen LogP contribution in [0.2, 0.25) is 0 Å². The van der Waals surface area contributed by atoms with E-state index in [-0.39, 0.29) is 48.2 Å². The maximum Gasteiger partial charge on any atom is 0.262 e. The van der Waals surface area contributed by atoms with Crippen LogP contribution < -0.4 is 25.4 Å². The van der Waals surface area contributed by atoms with Crippen molar-refractivity contribution in [1.82, 2.24) is 0 Å². The van der Waals surface area contributed by atoms with Crippen molar-refractivity contribution >= 4 is 29.1 Å². The van der Waals surface area contributed by atoms with E-state index >= 15 is 0 Å². The molecular weight excluding hydrogens is 388 g/mol. The Labute approximate surface area is 163 Å². The van der Waals surface area contributed by atoms with Crippen LogP contribution in [0.15, 0.2) is 30.3 Å². The van der Waals surface area contributed by atoms with Crippen molar-refractivity contribution in [2.24, 2.45) is 5.73 Å². The number of primary amides is 1. The number of fused-ring (bicyclic) bond motifs is 2. The van der Waals surface area contributed by atoms with Crippen LogP contribution in [0.4, 0.5) is 20.2 Å². The van der Waals surface area contributed by atoms with Crippen LogP contribution in [-0.4, -0.2) is 37.0 Å². The third kappa shape index (κ3) is 3.44. The molecule has 10 heteroatoms. The summed E-state index contributed by atoms with van der Waals surface area (Å²) in [5.41, 5.74) is 5.36. The highest BCUT2D eigenvalue weighted by Gasteiger charge is 2.37. The number of nitrogens with zero attached hydrogens (tertiary/aromatic N) is 1. The van der Waals surface area contributed by atoms with Gasteiger partial charge in [-0.15, -0.1) is 0 Å². The number of benzene rings is 2. The number of nitrogens with one attached hydrogen (secondary N) is 1. The Morgan fingerprint density at radius 2 is 1.97 bits per heavy atom. The molecule has 2 aromatic carbocycles. The molecule has 2 aliphatic heterocycles. The molecule has 0 saturated carbocycles. The van der Waals surface area contributed by atoms with Gasteiger partial charge in [-0.2, -0.15) is 0 Å². The van der Waals surface area contributed by atoms with E-state index < -0.39 is 29.5 Å². The van der Waals surface area contributed by atoms with Gasteiger partial charge in [0.1, 0.15) is 29.6 Å². The van der Waals surface area contributed by atoms with Crippen molar-refractivity contribution in [2.75, 3.05) is 23.4 Å². The smallest absolute Gasteiger partial charge is 0.262 e. The Balaban J connectivity index is 1.78. The van der Waals surface area contributed by atoms with E-state index in [0.29, 0.717) is 11.8 Å². The van der Waals surface area contributed by atoms with Crippen LogP contribution in [0, 0.1) is 11.6 Å². The van der Waals surface area contributed by atoms with Gasteiger partial charge < -0.3 is 20.5 Å². The number of hydrogen-bond acceptors (Lipinski definition) is 5. The highest BCUT2D eigenvalue weighted by atomic mass is 19.1. The summed E-state index contributed by atoms with van der Waals surface area (Å²) in [6.07, 6.45) is -0.285. The van der Waals surface area contributed by atoms with Gasteiger partial charge in [0, 0.05) is 17.7 Å². The first kappa shape index (κ1) is 18.7. The van der Waals surface area contributed by atoms with Gasteiger partial charge in [0.2, 0.25) is 5.91 Å². The minimum atomic E-state index is -1.02. The molecule has 3 amide bonds. The molecule has 8 nitrogen and oxygen atoms in total. The Morgan fingerprint density at radius 3 is 2.72 bits per heavy atom. The summed E-state index contributed by atoms with van der Waals surface area (Å²) in [5.74, 6) is -3.43. The second-order valence-electron chi connectivity index (χ2n) is 6.59. The van der Waals surface area contributed by atoms with Crippen molar-refractivity contribution in [3.63, 3.8) is 0 Å². The van der Waals surface area contributed by atoms with Crippen LogP contribution >= 0.6 is 0 Å². The lowest BCUT2D eigenvalue weighted by Gasteiger charge is -2.37. The Kier molecular flexibility index (Phi) is 4.53. The highest BCUT2D eigenvalue weighted by Crippen LogP contribution is 2.39. The van der Waals surface area contributed by atoms with Crippen molar-refractivity contribution in [3.05, 3.63) is 47.5 Å². The Bertz CT molecular complexity index is 1040. The average Bonchev–Trinajstić information content (AvgIpc) is 2.66. The van der Waals surface area contributed by atoms with E-state index in [2.05, 4.69) is 5.32 Å². The number of rotatable bonds is 3. The minimum Gasteiger partial charge on any atom is -0.489 e. The zero-order chi connectivity index (χ0) is 20.7. The largest absolute Gasteiger partial charge is 0.489 e. The molecule has 1 atom stereocenters. The van der Waals surface area contributed by atoms with Crippen molar-refractivity contribution < 1.29 is 32.6 Å². The second-order valence-corrected chi connectivity index (χ2v) is 6.59. The fourth-order valence-corrected chi connectivity index (χ4v) is 3.33. The number of amides is 3. The van der Waals surface area contributed by atoms with Crippen LogP contribution in [0.1, 0.15) is 16.8 Å². The number of anilines is 2. The van der Waals surface area contributed by atoms with Gasteiger partial charge in [-0.1, -0.05) is 0 Å². The molecule has 0 saturated heterocycles. The quantitative estimate of drug-likeness (QED) is 0.808. The molecule has 0 aromatic heterocycles. The van der Waals surface area contributed by atoms with Gasteiger partial charge >= 0.3 is 0 Å². The van der Waals surface area contributed by atoms with Crippen LogP contribution in [0.5, 0.6) is 11.5 Å². The summed E-state index contributed by atoms with van der Waals surface area (Å²) in [6.45, 7) is -0.316. The van der Waals surface area contributed by atoms with Crippen molar-refractivity contribution in [2.45, 2.75) is 12.5 Å². The number of carbonyl (C=O) groups is 3. The monoisotopic (exact) mass is 403 g/mol. The summed E-state index contributed by atoms with van der Waals surface area (Å²) in [6, 6.07) is 5.00. The zero-order valence-electron chi connectivity index (χ0n) is 14.9. The molecule has 0 spiro atoms. The molecule has 2 aliphatic rings. The number of carbonyl (C=O) groups excluding carboxylic acids is 3. The predicted molar refractivity (Wildman–Crippen MR) is 96.8 cm³/mol. The van der Waals surface area contributed by atoms with E-state index in [4.69, 9.17) is 15.2 Å². The lowest BCUT2D eigenvalue weighted by atomic mass is 10.0. The molecule has 150 valence electrons. The molecule has 3 N–H and O–H groups in total. The molecular formula is C19H15F2N3O5. The van der Waals surface area contributed by atoms with Crippen LogP contribution in [-0.2, 0) is 9.59 Å². The Morgan fingerprint density at radius 1 is 1.17 bits per heavy atom. The maximum atomic E-state index is 14.6. The van der Waals surface area contributed by atoms with Crippen molar-refractivity contribution in [1.29, 1.82) is 0 Å².